The van der Waals surface area contributed by atoms with E-state index in [-0.39, 0.29) is 30.9 Å². The third-order valence-corrected chi connectivity index (χ3v) is 3.43. The quantitative estimate of drug-likeness (QED) is 0.679. The molecule has 2 rings (SSSR count). The molecule has 0 spiro atoms. The molecule has 3 N–H and O–H groups in total. The summed E-state index contributed by atoms with van der Waals surface area (Å²) in [5.74, 6) is -0.322. The Bertz CT molecular complexity index is 526. The van der Waals surface area contributed by atoms with E-state index in [0.29, 0.717) is 6.54 Å². The molecule has 0 aromatic carbocycles. The van der Waals surface area contributed by atoms with Crippen LogP contribution in [0, 0.1) is 0 Å². The van der Waals surface area contributed by atoms with Crippen LogP contribution in [-0.2, 0) is 4.79 Å². The standard InChI is InChI=1S/C15H21N5O2.ClH/c1-2-5-18-15(22)19-14(21)11-20-8-7-17-10-13(20)12-4-3-6-16-9-12;/h2-4,6,9,13,17H,1,5,7-8,10-11H2,(H2,18,19,21,22);1H. The van der Waals surface area contributed by atoms with Crippen molar-refractivity contribution in [3.05, 3.63) is 42.7 Å². The Balaban J connectivity index is 0.00000264. The van der Waals surface area contributed by atoms with Gasteiger partial charge in [-0.15, -0.1) is 19.0 Å². The summed E-state index contributed by atoms with van der Waals surface area (Å²) in [4.78, 5) is 29.6. The van der Waals surface area contributed by atoms with Gasteiger partial charge in [0.2, 0.25) is 5.91 Å². The normalized spacial score (nSPS) is 17.7. The number of piperazine rings is 1. The molecule has 1 aromatic heterocycles. The molecule has 1 aliphatic heterocycles. The zero-order chi connectivity index (χ0) is 15.8. The Kier molecular flexibility index (Phi) is 8.25. The number of urea groups is 1. The molecule has 1 saturated heterocycles. The minimum atomic E-state index is -0.502. The average Bonchev–Trinajstić information content (AvgIpc) is 2.54. The minimum Gasteiger partial charge on any atom is -0.334 e. The van der Waals surface area contributed by atoms with E-state index in [0.717, 1.165) is 25.2 Å². The number of nitrogens with zero attached hydrogens (tertiary/aromatic N) is 2. The molecule has 1 atom stereocenters. The number of hydrogen-bond acceptors (Lipinski definition) is 5. The SMILES string of the molecule is C=CCNC(=O)NC(=O)CN1CCNCC1c1cccnc1.Cl. The summed E-state index contributed by atoms with van der Waals surface area (Å²) in [6.07, 6.45) is 5.08. The summed E-state index contributed by atoms with van der Waals surface area (Å²) in [6.45, 7) is 6.30. The number of amides is 3. The molecule has 1 fully saturated rings. The molecular formula is C15H22ClN5O2. The first kappa shape index (κ1) is 19.1. The molecule has 126 valence electrons. The minimum absolute atomic E-state index is 0. The van der Waals surface area contributed by atoms with Crippen LogP contribution in [0.25, 0.3) is 0 Å². The van der Waals surface area contributed by atoms with Gasteiger partial charge in [0.25, 0.3) is 0 Å². The highest BCUT2D eigenvalue weighted by Gasteiger charge is 2.25. The lowest BCUT2D eigenvalue weighted by molar-refractivity contribution is -0.122. The Morgan fingerprint density at radius 3 is 3.04 bits per heavy atom. The van der Waals surface area contributed by atoms with Crippen LogP contribution < -0.4 is 16.0 Å². The van der Waals surface area contributed by atoms with Gasteiger partial charge in [0, 0.05) is 44.6 Å². The molecule has 8 heteroatoms. The molecule has 1 aromatic rings. The van der Waals surface area contributed by atoms with Crippen molar-refractivity contribution in [2.45, 2.75) is 6.04 Å². The second kappa shape index (κ2) is 9.94. The first-order valence-corrected chi connectivity index (χ1v) is 7.24. The summed E-state index contributed by atoms with van der Waals surface area (Å²) in [6, 6.07) is 3.44. The zero-order valence-corrected chi connectivity index (χ0v) is 13.6. The van der Waals surface area contributed by atoms with Gasteiger partial charge < -0.3 is 10.6 Å². The lowest BCUT2D eigenvalue weighted by Gasteiger charge is -2.35. The maximum atomic E-state index is 12.0. The monoisotopic (exact) mass is 339 g/mol. The van der Waals surface area contributed by atoms with Crippen molar-refractivity contribution in [2.24, 2.45) is 0 Å². The summed E-state index contributed by atoms with van der Waals surface area (Å²) < 4.78 is 0. The first-order chi connectivity index (χ1) is 10.7. The molecule has 2 heterocycles. The van der Waals surface area contributed by atoms with Crippen LogP contribution >= 0.6 is 12.4 Å². The smallest absolute Gasteiger partial charge is 0.321 e. The van der Waals surface area contributed by atoms with Gasteiger partial charge in [0.1, 0.15) is 0 Å². The van der Waals surface area contributed by atoms with Crippen molar-refractivity contribution >= 4 is 24.3 Å². The topological polar surface area (TPSA) is 86.4 Å². The predicted octanol–water partition coefficient (Wildman–Crippen LogP) is 0.462. The molecule has 3 amide bonds. The molecule has 0 saturated carbocycles. The number of hydrogen-bond donors (Lipinski definition) is 3. The van der Waals surface area contributed by atoms with Crippen molar-refractivity contribution in [3.8, 4) is 0 Å². The second-order valence-corrected chi connectivity index (χ2v) is 5.02. The fourth-order valence-electron chi connectivity index (χ4n) is 2.40. The van der Waals surface area contributed by atoms with Crippen LogP contribution in [0.1, 0.15) is 11.6 Å². The Morgan fingerprint density at radius 1 is 1.52 bits per heavy atom. The van der Waals surface area contributed by atoms with Crippen LogP contribution in [-0.4, -0.2) is 54.5 Å². The maximum absolute atomic E-state index is 12.0. The highest BCUT2D eigenvalue weighted by Crippen LogP contribution is 2.20. The number of pyridine rings is 1. The van der Waals surface area contributed by atoms with E-state index >= 15 is 0 Å². The largest absolute Gasteiger partial charge is 0.334 e. The second-order valence-electron chi connectivity index (χ2n) is 5.02. The number of aromatic nitrogens is 1. The number of carbonyl (C=O) groups excluding carboxylic acids is 2. The summed E-state index contributed by atoms with van der Waals surface area (Å²) in [7, 11) is 0. The Hall–Kier alpha value is -1.96. The van der Waals surface area contributed by atoms with E-state index in [9.17, 15) is 9.59 Å². The summed E-state index contributed by atoms with van der Waals surface area (Å²) in [5.41, 5.74) is 1.05. The summed E-state index contributed by atoms with van der Waals surface area (Å²) >= 11 is 0. The van der Waals surface area contributed by atoms with Crippen LogP contribution in [0.3, 0.4) is 0 Å². The summed E-state index contributed by atoms with van der Waals surface area (Å²) in [5, 5.41) is 8.15. The van der Waals surface area contributed by atoms with Crippen molar-refractivity contribution in [1.82, 2.24) is 25.8 Å². The van der Waals surface area contributed by atoms with E-state index in [1.165, 1.54) is 0 Å². The van der Waals surface area contributed by atoms with Crippen LogP contribution in [0.15, 0.2) is 37.2 Å². The number of halogens is 1. The molecule has 0 aliphatic carbocycles. The van der Waals surface area contributed by atoms with E-state index in [4.69, 9.17) is 0 Å². The lowest BCUT2D eigenvalue weighted by Crippen LogP contribution is -2.51. The first-order valence-electron chi connectivity index (χ1n) is 7.24. The number of nitrogens with one attached hydrogen (secondary N) is 3. The molecule has 1 unspecified atom stereocenters. The van der Waals surface area contributed by atoms with Crippen LogP contribution in [0.4, 0.5) is 4.79 Å². The number of rotatable bonds is 5. The molecule has 0 bridgehead atoms. The van der Waals surface area contributed by atoms with Crippen molar-refractivity contribution in [3.63, 3.8) is 0 Å². The third kappa shape index (κ3) is 5.97. The number of imide groups is 1. The fraction of sp³-hybridized carbons (Fsp3) is 0.400. The molecule has 23 heavy (non-hydrogen) atoms. The van der Waals surface area contributed by atoms with Crippen LogP contribution in [0.5, 0.6) is 0 Å². The third-order valence-electron chi connectivity index (χ3n) is 3.43. The maximum Gasteiger partial charge on any atom is 0.321 e. The van der Waals surface area contributed by atoms with Gasteiger partial charge in [0.05, 0.1) is 6.54 Å². The highest BCUT2D eigenvalue weighted by molar-refractivity contribution is 5.95. The number of carbonyl (C=O) groups is 2. The van der Waals surface area contributed by atoms with Crippen molar-refractivity contribution in [1.29, 1.82) is 0 Å². The average molecular weight is 340 g/mol. The molecule has 1 aliphatic rings. The van der Waals surface area contributed by atoms with Gasteiger partial charge >= 0.3 is 6.03 Å². The van der Waals surface area contributed by atoms with Gasteiger partial charge in [0.15, 0.2) is 0 Å². The van der Waals surface area contributed by atoms with Gasteiger partial charge in [-0.05, 0) is 11.6 Å². The molecule has 7 nitrogen and oxygen atoms in total. The van der Waals surface area contributed by atoms with Gasteiger partial charge in [-0.1, -0.05) is 12.1 Å². The van der Waals surface area contributed by atoms with Gasteiger partial charge in [-0.3, -0.25) is 20.0 Å². The van der Waals surface area contributed by atoms with E-state index in [2.05, 4.69) is 27.5 Å². The Labute approximate surface area is 141 Å². The van der Waals surface area contributed by atoms with E-state index in [1.54, 1.807) is 18.5 Å². The highest BCUT2D eigenvalue weighted by atomic mass is 35.5. The van der Waals surface area contributed by atoms with Gasteiger partial charge in [-0.2, -0.15) is 0 Å². The van der Waals surface area contributed by atoms with E-state index < -0.39 is 6.03 Å². The van der Waals surface area contributed by atoms with Crippen molar-refractivity contribution < 1.29 is 9.59 Å². The van der Waals surface area contributed by atoms with Gasteiger partial charge in [-0.25, -0.2) is 4.79 Å². The predicted molar refractivity (Wildman–Crippen MR) is 90.4 cm³/mol. The Morgan fingerprint density at radius 2 is 2.35 bits per heavy atom. The zero-order valence-electron chi connectivity index (χ0n) is 12.8. The lowest BCUT2D eigenvalue weighted by atomic mass is 10.1. The van der Waals surface area contributed by atoms with E-state index in [1.807, 2.05) is 17.0 Å². The molecular weight excluding hydrogens is 318 g/mol. The fourth-order valence-corrected chi connectivity index (χ4v) is 2.40. The van der Waals surface area contributed by atoms with Crippen molar-refractivity contribution in [2.75, 3.05) is 32.7 Å². The van der Waals surface area contributed by atoms with Crippen LogP contribution in [0.2, 0.25) is 0 Å². The molecule has 0 radical (unpaired) electrons.